The highest BCUT2D eigenvalue weighted by atomic mass is 16.5. The van der Waals surface area contributed by atoms with Crippen LogP contribution in [0.15, 0.2) is 30.3 Å². The van der Waals surface area contributed by atoms with Crippen LogP contribution in [0, 0.1) is 0 Å². The van der Waals surface area contributed by atoms with E-state index in [0.717, 1.165) is 25.9 Å². The summed E-state index contributed by atoms with van der Waals surface area (Å²) in [5.74, 6) is -0.775. The summed E-state index contributed by atoms with van der Waals surface area (Å²) in [5.41, 5.74) is 1.21. The molecule has 0 aromatic heterocycles. The Kier molecular flexibility index (Phi) is 5.48. The van der Waals surface area contributed by atoms with Crippen molar-refractivity contribution in [3.8, 4) is 0 Å². The number of benzene rings is 1. The highest BCUT2D eigenvalue weighted by molar-refractivity contribution is 5.82. The fourth-order valence-corrected chi connectivity index (χ4v) is 3.56. The molecule has 2 fully saturated rings. The van der Waals surface area contributed by atoms with E-state index in [1.54, 1.807) is 4.90 Å². The SMILES string of the molecule is O=C(O)C[C@H]1CN(C(=O)[C@H]2CCCN2Cc2ccccc2)CCO1. The summed E-state index contributed by atoms with van der Waals surface area (Å²) in [6, 6.07) is 10.1. The Morgan fingerprint density at radius 3 is 2.75 bits per heavy atom. The summed E-state index contributed by atoms with van der Waals surface area (Å²) in [6.07, 6.45) is 1.44. The quantitative estimate of drug-likeness (QED) is 0.881. The van der Waals surface area contributed by atoms with Crippen LogP contribution in [-0.4, -0.2) is 65.2 Å². The fourth-order valence-electron chi connectivity index (χ4n) is 3.56. The van der Waals surface area contributed by atoms with Crippen molar-refractivity contribution in [3.05, 3.63) is 35.9 Å². The van der Waals surface area contributed by atoms with Gasteiger partial charge in [0.25, 0.3) is 0 Å². The van der Waals surface area contributed by atoms with E-state index in [1.807, 2.05) is 18.2 Å². The largest absolute Gasteiger partial charge is 0.481 e. The van der Waals surface area contributed by atoms with Crippen LogP contribution in [0.25, 0.3) is 0 Å². The lowest BCUT2D eigenvalue weighted by Crippen LogP contribution is -2.52. The maximum atomic E-state index is 12.9. The number of carbonyl (C=O) groups is 2. The topological polar surface area (TPSA) is 70.1 Å². The van der Waals surface area contributed by atoms with Gasteiger partial charge in [0, 0.05) is 19.6 Å². The second-order valence-electron chi connectivity index (χ2n) is 6.49. The lowest BCUT2D eigenvalue weighted by Gasteiger charge is -2.35. The maximum Gasteiger partial charge on any atom is 0.306 e. The predicted octanol–water partition coefficient (Wildman–Crippen LogP) is 1.35. The molecule has 24 heavy (non-hydrogen) atoms. The molecule has 130 valence electrons. The smallest absolute Gasteiger partial charge is 0.306 e. The first-order chi connectivity index (χ1) is 11.6. The Morgan fingerprint density at radius 1 is 1.21 bits per heavy atom. The molecule has 0 aliphatic carbocycles. The molecule has 3 rings (SSSR count). The average molecular weight is 332 g/mol. The molecule has 0 saturated carbocycles. The van der Waals surface area contributed by atoms with E-state index in [0.29, 0.717) is 19.7 Å². The van der Waals surface area contributed by atoms with Crippen molar-refractivity contribution >= 4 is 11.9 Å². The Labute approximate surface area is 142 Å². The molecule has 2 aliphatic rings. The molecule has 1 amide bonds. The third kappa shape index (κ3) is 4.13. The molecule has 0 unspecified atom stereocenters. The third-order valence-electron chi connectivity index (χ3n) is 4.73. The molecular formula is C18H24N2O4. The van der Waals surface area contributed by atoms with E-state index in [2.05, 4.69) is 17.0 Å². The molecule has 2 atom stereocenters. The molecule has 0 bridgehead atoms. The van der Waals surface area contributed by atoms with Crippen LogP contribution in [-0.2, 0) is 20.9 Å². The number of carboxylic acid groups (broad SMARTS) is 1. The van der Waals surface area contributed by atoms with Crippen LogP contribution < -0.4 is 0 Å². The Morgan fingerprint density at radius 2 is 2.00 bits per heavy atom. The van der Waals surface area contributed by atoms with Gasteiger partial charge in [-0.25, -0.2) is 0 Å². The summed E-state index contributed by atoms with van der Waals surface area (Å²) in [4.78, 5) is 27.8. The van der Waals surface area contributed by atoms with Crippen LogP contribution in [0.1, 0.15) is 24.8 Å². The zero-order valence-electron chi connectivity index (χ0n) is 13.8. The molecule has 0 radical (unpaired) electrons. The van der Waals surface area contributed by atoms with E-state index in [1.165, 1.54) is 5.56 Å². The minimum atomic E-state index is -0.888. The first-order valence-electron chi connectivity index (χ1n) is 8.53. The van der Waals surface area contributed by atoms with Crippen molar-refractivity contribution in [3.63, 3.8) is 0 Å². The lowest BCUT2D eigenvalue weighted by atomic mass is 10.1. The van der Waals surface area contributed by atoms with Crippen molar-refractivity contribution in [1.29, 1.82) is 0 Å². The van der Waals surface area contributed by atoms with Gasteiger partial charge in [-0.05, 0) is 24.9 Å². The van der Waals surface area contributed by atoms with Crippen LogP contribution in [0.2, 0.25) is 0 Å². The number of likely N-dealkylation sites (tertiary alicyclic amines) is 1. The second-order valence-corrected chi connectivity index (χ2v) is 6.49. The fraction of sp³-hybridized carbons (Fsp3) is 0.556. The molecule has 1 aromatic rings. The molecule has 2 aliphatic heterocycles. The van der Waals surface area contributed by atoms with Crippen molar-refractivity contribution in [1.82, 2.24) is 9.80 Å². The van der Waals surface area contributed by atoms with Crippen molar-refractivity contribution < 1.29 is 19.4 Å². The van der Waals surface area contributed by atoms with Gasteiger partial charge < -0.3 is 14.7 Å². The van der Waals surface area contributed by atoms with Crippen molar-refractivity contribution in [2.75, 3.05) is 26.2 Å². The number of ether oxygens (including phenoxy) is 1. The van der Waals surface area contributed by atoms with Gasteiger partial charge in [-0.3, -0.25) is 14.5 Å². The Hall–Kier alpha value is -1.92. The van der Waals surface area contributed by atoms with E-state index < -0.39 is 12.1 Å². The number of hydrogen-bond acceptors (Lipinski definition) is 4. The number of morpholine rings is 1. The summed E-state index contributed by atoms with van der Waals surface area (Å²) < 4.78 is 5.47. The molecule has 1 N–H and O–H groups in total. The average Bonchev–Trinajstić information content (AvgIpc) is 3.03. The normalized spacial score (nSPS) is 24.9. The highest BCUT2D eigenvalue weighted by Gasteiger charge is 2.35. The molecule has 2 saturated heterocycles. The van der Waals surface area contributed by atoms with Gasteiger partial charge in [0.05, 0.1) is 25.2 Å². The zero-order valence-corrected chi connectivity index (χ0v) is 13.8. The van der Waals surface area contributed by atoms with Gasteiger partial charge in [-0.1, -0.05) is 30.3 Å². The van der Waals surface area contributed by atoms with Crippen molar-refractivity contribution in [2.24, 2.45) is 0 Å². The maximum absolute atomic E-state index is 12.9. The van der Waals surface area contributed by atoms with Crippen LogP contribution in [0.4, 0.5) is 0 Å². The Balaban J connectivity index is 1.61. The van der Waals surface area contributed by atoms with Crippen LogP contribution in [0.5, 0.6) is 0 Å². The van der Waals surface area contributed by atoms with Gasteiger partial charge in [0.2, 0.25) is 5.91 Å². The van der Waals surface area contributed by atoms with Gasteiger partial charge in [0.15, 0.2) is 0 Å². The van der Waals surface area contributed by atoms with Crippen molar-refractivity contribution in [2.45, 2.75) is 38.0 Å². The summed E-state index contributed by atoms with van der Waals surface area (Å²) in [5, 5.41) is 8.92. The van der Waals surface area contributed by atoms with Gasteiger partial charge in [0.1, 0.15) is 0 Å². The molecule has 0 spiro atoms. The number of aliphatic carboxylic acids is 1. The number of carbonyl (C=O) groups excluding carboxylic acids is 1. The molecule has 2 heterocycles. The molecular weight excluding hydrogens is 308 g/mol. The minimum Gasteiger partial charge on any atom is -0.481 e. The van der Waals surface area contributed by atoms with Crippen LogP contribution >= 0.6 is 0 Å². The van der Waals surface area contributed by atoms with Crippen LogP contribution in [0.3, 0.4) is 0 Å². The minimum absolute atomic E-state index is 0.0534. The summed E-state index contributed by atoms with van der Waals surface area (Å²) >= 11 is 0. The molecule has 6 nitrogen and oxygen atoms in total. The lowest BCUT2D eigenvalue weighted by molar-refractivity contribution is -0.150. The number of hydrogen-bond donors (Lipinski definition) is 1. The summed E-state index contributed by atoms with van der Waals surface area (Å²) in [7, 11) is 0. The number of carboxylic acids is 1. The Bertz CT molecular complexity index is 578. The summed E-state index contributed by atoms with van der Waals surface area (Å²) in [6.45, 7) is 3.04. The molecule has 1 aromatic carbocycles. The number of amides is 1. The molecule has 6 heteroatoms. The highest BCUT2D eigenvalue weighted by Crippen LogP contribution is 2.23. The van der Waals surface area contributed by atoms with E-state index >= 15 is 0 Å². The number of nitrogens with zero attached hydrogens (tertiary/aromatic N) is 2. The van der Waals surface area contributed by atoms with Gasteiger partial charge in [-0.2, -0.15) is 0 Å². The monoisotopic (exact) mass is 332 g/mol. The number of rotatable bonds is 5. The van der Waals surface area contributed by atoms with E-state index in [4.69, 9.17) is 9.84 Å². The zero-order chi connectivity index (χ0) is 16.9. The predicted molar refractivity (Wildman–Crippen MR) is 88.4 cm³/mol. The standard InChI is InChI=1S/C18H24N2O4/c21-17(22)11-15-13-20(9-10-24-15)18(23)16-7-4-8-19(16)12-14-5-2-1-3-6-14/h1-3,5-6,15-16H,4,7-13H2,(H,21,22)/t15-,16+/m0/s1. The van der Waals surface area contributed by atoms with E-state index in [9.17, 15) is 9.59 Å². The van der Waals surface area contributed by atoms with Gasteiger partial charge >= 0.3 is 5.97 Å². The first kappa shape index (κ1) is 16.9. The van der Waals surface area contributed by atoms with E-state index in [-0.39, 0.29) is 18.4 Å². The second kappa shape index (κ2) is 7.77. The van der Waals surface area contributed by atoms with Gasteiger partial charge in [-0.15, -0.1) is 0 Å². The third-order valence-corrected chi connectivity index (χ3v) is 4.73. The first-order valence-corrected chi connectivity index (χ1v) is 8.53.